The lowest BCUT2D eigenvalue weighted by atomic mass is 10.5. The zero-order valence-electron chi connectivity index (χ0n) is 5.83. The lowest BCUT2D eigenvalue weighted by Gasteiger charge is -2.19. The highest BCUT2D eigenvalue weighted by Crippen LogP contribution is 2.30. The SMILES string of the molecule is CC(C)(Cl)OC(=O)C(Cl)(Cl)Cl. The van der Waals surface area contributed by atoms with Crippen molar-refractivity contribution in [2.75, 3.05) is 0 Å². The van der Waals surface area contributed by atoms with E-state index in [4.69, 9.17) is 46.4 Å². The summed E-state index contributed by atoms with van der Waals surface area (Å²) in [5.74, 6) is -0.984. The summed E-state index contributed by atoms with van der Waals surface area (Å²) in [5.41, 5.74) is 0. The van der Waals surface area contributed by atoms with E-state index in [1.54, 1.807) is 0 Å². The minimum Gasteiger partial charge on any atom is -0.441 e. The summed E-state index contributed by atoms with van der Waals surface area (Å²) >= 11 is 21.1. The second-order valence-corrected chi connectivity index (χ2v) is 5.44. The molecule has 0 fully saturated rings. The highest BCUT2D eigenvalue weighted by Gasteiger charge is 2.36. The number of esters is 1. The molecule has 0 spiro atoms. The van der Waals surface area contributed by atoms with Gasteiger partial charge in [-0.25, -0.2) is 4.79 Å². The largest absolute Gasteiger partial charge is 0.441 e. The third-order valence-electron chi connectivity index (χ3n) is 0.567. The van der Waals surface area contributed by atoms with Crippen molar-refractivity contribution in [3.63, 3.8) is 0 Å². The molecule has 0 unspecified atom stereocenters. The molecule has 6 heteroatoms. The molecule has 0 aliphatic heterocycles. The van der Waals surface area contributed by atoms with E-state index in [1.165, 1.54) is 13.8 Å². The molecule has 0 aromatic heterocycles. The first-order chi connectivity index (χ1) is 4.63. The maximum absolute atomic E-state index is 10.8. The summed E-state index contributed by atoms with van der Waals surface area (Å²) in [5, 5.41) is -1.15. The predicted molar refractivity (Wildman–Crippen MR) is 46.3 cm³/mol. The third kappa shape index (κ3) is 5.85. The van der Waals surface area contributed by atoms with Crippen LogP contribution in [0, 0.1) is 0 Å². The Morgan fingerprint density at radius 1 is 1.18 bits per heavy atom. The number of ether oxygens (including phenoxy) is 1. The van der Waals surface area contributed by atoms with Crippen molar-refractivity contribution in [2.45, 2.75) is 22.7 Å². The highest BCUT2D eigenvalue weighted by molar-refractivity contribution is 6.75. The molecule has 11 heavy (non-hydrogen) atoms. The Kier molecular flexibility index (Phi) is 3.77. The monoisotopic (exact) mass is 238 g/mol. The van der Waals surface area contributed by atoms with Crippen molar-refractivity contribution in [1.29, 1.82) is 0 Å². The van der Waals surface area contributed by atoms with E-state index in [0.717, 1.165) is 0 Å². The zero-order valence-corrected chi connectivity index (χ0v) is 8.85. The fourth-order valence-corrected chi connectivity index (χ4v) is 0.464. The van der Waals surface area contributed by atoms with Crippen LogP contribution < -0.4 is 0 Å². The van der Waals surface area contributed by atoms with E-state index in [2.05, 4.69) is 4.74 Å². The van der Waals surface area contributed by atoms with Crippen LogP contribution in [0.2, 0.25) is 0 Å². The molecule has 2 nitrogen and oxygen atoms in total. The van der Waals surface area contributed by atoms with Gasteiger partial charge in [0.15, 0.2) is 5.06 Å². The number of hydrogen-bond donors (Lipinski definition) is 0. The quantitative estimate of drug-likeness (QED) is 0.520. The van der Waals surface area contributed by atoms with Crippen LogP contribution in [-0.4, -0.2) is 14.8 Å². The molecule has 0 atom stereocenters. The Labute approximate surface area is 84.7 Å². The Bertz CT molecular complexity index is 155. The van der Waals surface area contributed by atoms with Crippen LogP contribution in [0.25, 0.3) is 0 Å². The first-order valence-corrected chi connectivity index (χ1v) is 4.13. The minimum absolute atomic E-state index is 0.984. The van der Waals surface area contributed by atoms with E-state index in [1.807, 2.05) is 0 Å². The van der Waals surface area contributed by atoms with Crippen molar-refractivity contribution in [3.8, 4) is 0 Å². The number of carbonyl (C=O) groups excluding carboxylic acids is 1. The van der Waals surface area contributed by atoms with Gasteiger partial charge in [-0.3, -0.25) is 0 Å². The maximum atomic E-state index is 10.8. The second-order valence-electron chi connectivity index (χ2n) is 2.25. The van der Waals surface area contributed by atoms with Crippen molar-refractivity contribution in [1.82, 2.24) is 0 Å². The molecule has 0 amide bonds. The van der Waals surface area contributed by atoms with Crippen LogP contribution in [0.4, 0.5) is 0 Å². The van der Waals surface area contributed by atoms with E-state index in [0.29, 0.717) is 0 Å². The van der Waals surface area contributed by atoms with E-state index in [9.17, 15) is 4.79 Å². The standard InChI is InChI=1S/C5H6Cl4O2/c1-4(2,6)11-3(10)5(7,8)9/h1-2H3. The molecule has 0 N–H and O–H groups in total. The summed E-state index contributed by atoms with van der Waals surface area (Å²) < 4.78 is 2.47. The van der Waals surface area contributed by atoms with Gasteiger partial charge >= 0.3 is 5.97 Å². The molecule has 0 radical (unpaired) electrons. The predicted octanol–water partition coefficient (Wildman–Crippen LogP) is 2.87. The van der Waals surface area contributed by atoms with Crippen molar-refractivity contribution in [3.05, 3.63) is 0 Å². The average molecular weight is 240 g/mol. The lowest BCUT2D eigenvalue weighted by molar-refractivity contribution is -0.148. The normalized spacial score (nSPS) is 12.9. The van der Waals surface area contributed by atoms with Gasteiger partial charge in [-0.05, 0) is 13.8 Å². The molecule has 0 bridgehead atoms. The number of alkyl halides is 4. The summed E-state index contributed by atoms with van der Waals surface area (Å²) in [7, 11) is 0. The first-order valence-electron chi connectivity index (χ1n) is 2.62. The Hall–Kier alpha value is 0.630. The molecule has 0 aromatic rings. The molecule has 0 aliphatic carbocycles. The number of halogens is 4. The van der Waals surface area contributed by atoms with Gasteiger partial charge in [0.05, 0.1) is 0 Å². The topological polar surface area (TPSA) is 26.3 Å². The van der Waals surface area contributed by atoms with Crippen LogP contribution in [0.3, 0.4) is 0 Å². The van der Waals surface area contributed by atoms with Gasteiger partial charge in [0, 0.05) is 0 Å². The zero-order chi connectivity index (χ0) is 9.28. The Morgan fingerprint density at radius 3 is 1.64 bits per heavy atom. The second kappa shape index (κ2) is 3.56. The van der Waals surface area contributed by atoms with Crippen molar-refractivity contribution in [2.24, 2.45) is 0 Å². The molecular weight excluding hydrogens is 234 g/mol. The molecule has 0 rings (SSSR count). The third-order valence-corrected chi connectivity index (χ3v) is 1.11. The van der Waals surface area contributed by atoms with Gasteiger partial charge in [-0.1, -0.05) is 46.4 Å². The van der Waals surface area contributed by atoms with Gasteiger partial charge < -0.3 is 4.74 Å². The van der Waals surface area contributed by atoms with Crippen LogP contribution in [0.1, 0.15) is 13.8 Å². The molecule has 0 saturated carbocycles. The fraction of sp³-hybridized carbons (Fsp3) is 0.800. The van der Waals surface area contributed by atoms with E-state index >= 15 is 0 Å². The summed E-state index contributed by atoms with van der Waals surface area (Å²) in [6.07, 6.45) is 0. The maximum Gasteiger partial charge on any atom is 0.360 e. The van der Waals surface area contributed by atoms with Crippen LogP contribution in [0.5, 0.6) is 0 Å². The van der Waals surface area contributed by atoms with Gasteiger partial charge in [-0.2, -0.15) is 0 Å². The Balaban J connectivity index is 4.11. The summed E-state index contributed by atoms with van der Waals surface area (Å²) in [6.45, 7) is 2.92. The summed E-state index contributed by atoms with van der Waals surface area (Å²) in [4.78, 5) is 10.8. The Morgan fingerprint density at radius 2 is 1.55 bits per heavy atom. The lowest BCUT2D eigenvalue weighted by Crippen LogP contribution is -2.29. The van der Waals surface area contributed by atoms with Gasteiger partial charge in [0.2, 0.25) is 0 Å². The van der Waals surface area contributed by atoms with Gasteiger partial charge in [0.25, 0.3) is 3.79 Å². The molecule has 0 aromatic carbocycles. The number of carbonyl (C=O) groups is 1. The average Bonchev–Trinajstić information content (AvgIpc) is 1.56. The highest BCUT2D eigenvalue weighted by atomic mass is 35.6. The van der Waals surface area contributed by atoms with Crippen molar-refractivity contribution < 1.29 is 9.53 Å². The summed E-state index contributed by atoms with van der Waals surface area (Å²) in [6, 6.07) is 0. The van der Waals surface area contributed by atoms with Gasteiger partial charge in [-0.15, -0.1) is 0 Å². The molecule has 66 valence electrons. The van der Waals surface area contributed by atoms with E-state index < -0.39 is 14.8 Å². The van der Waals surface area contributed by atoms with E-state index in [-0.39, 0.29) is 0 Å². The minimum atomic E-state index is -2.06. The molecule has 0 heterocycles. The number of hydrogen-bond acceptors (Lipinski definition) is 2. The number of rotatable bonds is 1. The smallest absolute Gasteiger partial charge is 0.360 e. The molecule has 0 saturated heterocycles. The first kappa shape index (κ1) is 11.6. The fourth-order valence-electron chi connectivity index (χ4n) is 0.278. The van der Waals surface area contributed by atoms with Crippen LogP contribution in [0.15, 0.2) is 0 Å². The van der Waals surface area contributed by atoms with Crippen molar-refractivity contribution >= 4 is 52.4 Å². The van der Waals surface area contributed by atoms with Crippen LogP contribution >= 0.6 is 46.4 Å². The van der Waals surface area contributed by atoms with Gasteiger partial charge in [0.1, 0.15) is 0 Å². The van der Waals surface area contributed by atoms with Crippen LogP contribution in [-0.2, 0) is 9.53 Å². The molecule has 0 aliphatic rings. The molecular formula is C5H6Cl4O2.